The maximum atomic E-state index is 13.2. The summed E-state index contributed by atoms with van der Waals surface area (Å²) in [5, 5.41) is 0. The van der Waals surface area contributed by atoms with Gasteiger partial charge in [-0.05, 0) is 63.6 Å². The summed E-state index contributed by atoms with van der Waals surface area (Å²) in [5.41, 5.74) is 0.181. The number of hydrogen-bond acceptors (Lipinski definition) is 2. The van der Waals surface area contributed by atoms with Crippen LogP contribution in [0.2, 0.25) is 0 Å². The van der Waals surface area contributed by atoms with E-state index in [1.165, 1.54) is 12.1 Å². The lowest BCUT2D eigenvalue weighted by atomic mass is 9.90. The van der Waals surface area contributed by atoms with Gasteiger partial charge in [-0.15, -0.1) is 0 Å². The molecule has 0 bridgehead atoms. The number of halogens is 2. The average molecular weight is 311 g/mol. The molecule has 1 fully saturated rings. The summed E-state index contributed by atoms with van der Waals surface area (Å²) < 4.78 is 31.7. The molecule has 0 unspecified atom stereocenters. The Labute approximate surface area is 130 Å². The van der Waals surface area contributed by atoms with Crippen LogP contribution in [0.25, 0.3) is 0 Å². The second-order valence-electron chi connectivity index (χ2n) is 6.89. The predicted molar refractivity (Wildman–Crippen MR) is 80.6 cm³/mol. The fraction of sp³-hybridized carbons (Fsp3) is 0.588. The maximum absolute atomic E-state index is 13.2. The molecule has 0 radical (unpaired) electrons. The van der Waals surface area contributed by atoms with E-state index in [4.69, 9.17) is 4.74 Å². The van der Waals surface area contributed by atoms with Crippen molar-refractivity contribution in [3.05, 3.63) is 35.4 Å². The number of benzene rings is 1. The van der Waals surface area contributed by atoms with Gasteiger partial charge in [-0.2, -0.15) is 0 Å². The van der Waals surface area contributed by atoms with Crippen molar-refractivity contribution in [2.24, 2.45) is 5.92 Å². The van der Waals surface area contributed by atoms with E-state index in [9.17, 15) is 13.6 Å². The quantitative estimate of drug-likeness (QED) is 0.821. The Morgan fingerprint density at radius 1 is 1.18 bits per heavy atom. The van der Waals surface area contributed by atoms with Gasteiger partial charge in [0.2, 0.25) is 0 Å². The fourth-order valence-corrected chi connectivity index (χ4v) is 2.71. The first-order chi connectivity index (χ1) is 10.2. The summed E-state index contributed by atoms with van der Waals surface area (Å²) in [6.45, 7) is 6.77. The second kappa shape index (κ2) is 6.63. The predicted octanol–water partition coefficient (Wildman–Crippen LogP) is 4.15. The van der Waals surface area contributed by atoms with Crippen LogP contribution in [0, 0.1) is 17.6 Å². The largest absolute Gasteiger partial charge is 0.444 e. The molecule has 1 aromatic rings. The number of carbonyl (C=O) groups is 1. The molecule has 1 saturated heterocycles. The molecule has 1 aliphatic rings. The third-order valence-electron chi connectivity index (χ3n) is 3.71. The van der Waals surface area contributed by atoms with Crippen LogP contribution in [0.5, 0.6) is 0 Å². The minimum absolute atomic E-state index is 0.289. The zero-order valence-corrected chi connectivity index (χ0v) is 13.4. The highest BCUT2D eigenvalue weighted by Crippen LogP contribution is 2.23. The minimum atomic E-state index is -0.541. The van der Waals surface area contributed by atoms with Gasteiger partial charge in [-0.1, -0.05) is 0 Å². The number of carbonyl (C=O) groups excluding carboxylic acids is 1. The summed E-state index contributed by atoms with van der Waals surface area (Å²) in [5.74, 6) is -0.748. The van der Waals surface area contributed by atoms with Crippen LogP contribution in [-0.4, -0.2) is 29.7 Å². The normalized spacial score (nSPS) is 16.7. The summed E-state index contributed by atoms with van der Waals surface area (Å²) in [7, 11) is 0. The number of likely N-dealkylation sites (tertiary alicyclic amines) is 1. The molecule has 5 heteroatoms. The Morgan fingerprint density at radius 2 is 1.73 bits per heavy atom. The maximum Gasteiger partial charge on any atom is 0.410 e. The number of rotatable bonds is 2. The summed E-state index contributed by atoms with van der Waals surface area (Å²) in [4.78, 5) is 13.7. The molecule has 0 spiro atoms. The van der Waals surface area contributed by atoms with Crippen molar-refractivity contribution in [2.75, 3.05) is 13.1 Å². The highest BCUT2D eigenvalue weighted by molar-refractivity contribution is 5.68. The smallest absolute Gasteiger partial charge is 0.410 e. The van der Waals surface area contributed by atoms with Crippen molar-refractivity contribution in [3.63, 3.8) is 0 Å². The Hall–Kier alpha value is -1.65. The SMILES string of the molecule is CC(C)(C)OC(=O)N1CCC(Cc2cc(F)cc(F)c2)CC1. The van der Waals surface area contributed by atoms with Gasteiger partial charge in [-0.25, -0.2) is 13.6 Å². The molecule has 1 aromatic carbocycles. The first-order valence-electron chi connectivity index (χ1n) is 7.66. The molecule has 0 atom stereocenters. The molecular weight excluding hydrogens is 288 g/mol. The zero-order chi connectivity index (χ0) is 16.3. The molecule has 1 aliphatic heterocycles. The lowest BCUT2D eigenvalue weighted by molar-refractivity contribution is 0.0184. The van der Waals surface area contributed by atoms with Crippen LogP contribution in [-0.2, 0) is 11.2 Å². The number of amides is 1. The van der Waals surface area contributed by atoms with Crippen LogP contribution >= 0.6 is 0 Å². The highest BCUT2D eigenvalue weighted by atomic mass is 19.1. The van der Waals surface area contributed by atoms with Crippen molar-refractivity contribution in [1.82, 2.24) is 4.90 Å². The molecule has 0 aliphatic carbocycles. The van der Waals surface area contributed by atoms with E-state index < -0.39 is 17.2 Å². The van der Waals surface area contributed by atoms with Crippen LogP contribution < -0.4 is 0 Å². The molecular formula is C17H23F2NO2. The molecule has 122 valence electrons. The van der Waals surface area contributed by atoms with Crippen LogP contribution in [0.15, 0.2) is 18.2 Å². The standard InChI is InChI=1S/C17H23F2NO2/c1-17(2,3)22-16(21)20-6-4-12(5-7-20)8-13-9-14(18)11-15(19)10-13/h9-12H,4-8H2,1-3H3. The van der Waals surface area contributed by atoms with E-state index in [2.05, 4.69) is 0 Å². The van der Waals surface area contributed by atoms with E-state index in [-0.39, 0.29) is 6.09 Å². The minimum Gasteiger partial charge on any atom is -0.444 e. The zero-order valence-electron chi connectivity index (χ0n) is 13.4. The fourth-order valence-electron chi connectivity index (χ4n) is 2.71. The third-order valence-corrected chi connectivity index (χ3v) is 3.71. The highest BCUT2D eigenvalue weighted by Gasteiger charge is 2.26. The van der Waals surface area contributed by atoms with Crippen molar-refractivity contribution in [2.45, 2.75) is 45.6 Å². The molecule has 0 N–H and O–H groups in total. The summed E-state index contributed by atoms with van der Waals surface area (Å²) in [6.07, 6.45) is 1.98. The lowest BCUT2D eigenvalue weighted by Gasteiger charge is -2.33. The van der Waals surface area contributed by atoms with Crippen molar-refractivity contribution in [3.8, 4) is 0 Å². The third kappa shape index (κ3) is 4.97. The number of ether oxygens (including phenoxy) is 1. The van der Waals surface area contributed by atoms with Gasteiger partial charge >= 0.3 is 6.09 Å². The van der Waals surface area contributed by atoms with E-state index in [1.807, 2.05) is 20.8 Å². The Bertz CT molecular complexity index is 512. The van der Waals surface area contributed by atoms with Gasteiger partial charge in [0, 0.05) is 19.2 Å². The number of hydrogen-bond donors (Lipinski definition) is 0. The van der Waals surface area contributed by atoms with Gasteiger partial charge in [0.05, 0.1) is 0 Å². The Balaban J connectivity index is 1.86. The number of nitrogens with zero attached hydrogens (tertiary/aromatic N) is 1. The van der Waals surface area contributed by atoms with Crippen LogP contribution in [0.1, 0.15) is 39.2 Å². The van der Waals surface area contributed by atoms with E-state index in [0.717, 1.165) is 18.9 Å². The van der Waals surface area contributed by atoms with Gasteiger partial charge in [0.25, 0.3) is 0 Å². The Kier molecular flexibility index (Phi) is 5.04. The molecule has 0 saturated carbocycles. The van der Waals surface area contributed by atoms with Crippen molar-refractivity contribution < 1.29 is 18.3 Å². The molecule has 2 rings (SSSR count). The molecule has 0 aromatic heterocycles. The van der Waals surface area contributed by atoms with Gasteiger partial charge in [0.1, 0.15) is 17.2 Å². The van der Waals surface area contributed by atoms with Gasteiger partial charge in [0.15, 0.2) is 0 Å². The first kappa shape index (κ1) is 16.7. The first-order valence-corrected chi connectivity index (χ1v) is 7.66. The summed E-state index contributed by atoms with van der Waals surface area (Å²) in [6, 6.07) is 3.64. The molecule has 1 heterocycles. The van der Waals surface area contributed by atoms with Crippen molar-refractivity contribution in [1.29, 1.82) is 0 Å². The van der Waals surface area contributed by atoms with E-state index in [1.54, 1.807) is 4.90 Å². The van der Waals surface area contributed by atoms with Gasteiger partial charge in [-0.3, -0.25) is 0 Å². The van der Waals surface area contributed by atoms with Gasteiger partial charge < -0.3 is 9.64 Å². The Morgan fingerprint density at radius 3 is 2.23 bits per heavy atom. The molecule has 3 nitrogen and oxygen atoms in total. The van der Waals surface area contributed by atoms with Crippen molar-refractivity contribution >= 4 is 6.09 Å². The average Bonchev–Trinajstić information content (AvgIpc) is 2.36. The van der Waals surface area contributed by atoms with Crippen LogP contribution in [0.3, 0.4) is 0 Å². The summed E-state index contributed by atoms with van der Waals surface area (Å²) >= 11 is 0. The second-order valence-corrected chi connectivity index (χ2v) is 6.89. The molecule has 22 heavy (non-hydrogen) atoms. The van der Waals surface area contributed by atoms with E-state index >= 15 is 0 Å². The molecule has 1 amide bonds. The van der Waals surface area contributed by atoms with Crippen LogP contribution in [0.4, 0.5) is 13.6 Å². The van der Waals surface area contributed by atoms with E-state index in [0.29, 0.717) is 31.0 Å². The monoisotopic (exact) mass is 311 g/mol. The number of piperidine rings is 1. The topological polar surface area (TPSA) is 29.5 Å². The lowest BCUT2D eigenvalue weighted by Crippen LogP contribution is -2.42.